The molecule has 1 aromatic carbocycles. The van der Waals surface area contributed by atoms with Crippen molar-refractivity contribution in [1.29, 1.82) is 5.26 Å². The number of rotatable bonds is 5. The molecule has 0 aliphatic rings. The van der Waals surface area contributed by atoms with E-state index < -0.39 is 17.6 Å². The number of ketones is 1. The summed E-state index contributed by atoms with van der Waals surface area (Å²) in [5.74, 6) is -2.33. The Balaban J connectivity index is 1.93. The summed E-state index contributed by atoms with van der Waals surface area (Å²) in [6.45, 7) is 2.65. The van der Waals surface area contributed by atoms with Crippen LogP contribution in [0.2, 0.25) is 0 Å². The fourth-order valence-corrected chi connectivity index (χ4v) is 2.73. The molecule has 0 saturated carbocycles. The van der Waals surface area contributed by atoms with Gasteiger partial charge in [0.05, 0.1) is 6.07 Å². The van der Waals surface area contributed by atoms with E-state index in [4.69, 9.17) is 0 Å². The van der Waals surface area contributed by atoms with Crippen LogP contribution in [0.4, 0.5) is 5.82 Å². The van der Waals surface area contributed by atoms with E-state index in [0.29, 0.717) is 17.9 Å². The summed E-state index contributed by atoms with van der Waals surface area (Å²) in [7, 11) is 0. The van der Waals surface area contributed by atoms with E-state index in [1.54, 1.807) is 24.4 Å². The number of hydrogen-bond donors (Lipinski definition) is 1. The second kappa shape index (κ2) is 6.97. The number of benzene rings is 1. The number of nitriles is 1. The van der Waals surface area contributed by atoms with Gasteiger partial charge in [0.25, 0.3) is 5.91 Å². The Morgan fingerprint density at radius 1 is 1.24 bits per heavy atom. The summed E-state index contributed by atoms with van der Waals surface area (Å²) in [5.41, 5.74) is 1.27. The molecule has 3 rings (SSSR count). The molecule has 0 fully saturated rings. The summed E-state index contributed by atoms with van der Waals surface area (Å²) in [6.07, 6.45) is 3.22. The van der Waals surface area contributed by atoms with E-state index in [9.17, 15) is 14.9 Å². The van der Waals surface area contributed by atoms with Gasteiger partial charge in [-0.1, -0.05) is 24.3 Å². The van der Waals surface area contributed by atoms with Crippen LogP contribution in [0.25, 0.3) is 10.9 Å². The zero-order valence-corrected chi connectivity index (χ0v) is 13.6. The highest BCUT2D eigenvalue weighted by Gasteiger charge is 2.30. The molecule has 0 radical (unpaired) electrons. The molecule has 25 heavy (non-hydrogen) atoms. The van der Waals surface area contributed by atoms with E-state index in [1.165, 1.54) is 6.20 Å². The van der Waals surface area contributed by atoms with E-state index in [-0.39, 0.29) is 0 Å². The van der Waals surface area contributed by atoms with E-state index in [1.807, 2.05) is 41.8 Å². The first-order valence-electron chi connectivity index (χ1n) is 7.89. The molecule has 6 heteroatoms. The predicted molar refractivity (Wildman–Crippen MR) is 93.9 cm³/mol. The molecule has 0 saturated heterocycles. The van der Waals surface area contributed by atoms with Crippen molar-refractivity contribution in [1.82, 2.24) is 9.55 Å². The number of fused-ring (bicyclic) bond motifs is 1. The number of Topliss-reactive ketones (excluding diaryl/α,β-unsaturated/α-hetero) is 1. The maximum atomic E-state index is 12.8. The lowest BCUT2D eigenvalue weighted by molar-refractivity contribution is -0.117. The quantitative estimate of drug-likeness (QED) is 0.574. The van der Waals surface area contributed by atoms with Crippen molar-refractivity contribution in [2.45, 2.75) is 13.5 Å². The highest BCUT2D eigenvalue weighted by molar-refractivity contribution is 6.19. The molecule has 124 valence electrons. The molecule has 0 spiro atoms. The van der Waals surface area contributed by atoms with Gasteiger partial charge in [0.2, 0.25) is 0 Å². The predicted octanol–water partition coefficient (Wildman–Crippen LogP) is 3.02. The summed E-state index contributed by atoms with van der Waals surface area (Å²) in [5, 5.41) is 12.6. The Kier molecular flexibility index (Phi) is 4.57. The fourth-order valence-electron chi connectivity index (χ4n) is 2.73. The zero-order chi connectivity index (χ0) is 17.8. The Bertz CT molecular complexity index is 970. The Morgan fingerprint density at radius 3 is 2.68 bits per heavy atom. The minimum atomic E-state index is -1.43. The molecule has 0 aliphatic heterocycles. The average Bonchev–Trinajstić information content (AvgIpc) is 3.02. The molecule has 1 amide bonds. The number of hydrogen-bond acceptors (Lipinski definition) is 4. The van der Waals surface area contributed by atoms with Crippen LogP contribution < -0.4 is 5.32 Å². The number of amides is 1. The number of pyridine rings is 1. The molecule has 3 aromatic rings. The van der Waals surface area contributed by atoms with E-state index in [0.717, 1.165) is 10.9 Å². The maximum absolute atomic E-state index is 12.8. The number of carbonyl (C=O) groups is 2. The van der Waals surface area contributed by atoms with Crippen molar-refractivity contribution < 1.29 is 9.59 Å². The lowest BCUT2D eigenvalue weighted by atomic mass is 9.97. The second-order valence-electron chi connectivity index (χ2n) is 5.48. The van der Waals surface area contributed by atoms with Crippen molar-refractivity contribution in [2.75, 3.05) is 5.32 Å². The van der Waals surface area contributed by atoms with Crippen LogP contribution in [-0.2, 0) is 11.3 Å². The van der Waals surface area contributed by atoms with Gasteiger partial charge in [0.1, 0.15) is 5.82 Å². The molecule has 0 bridgehead atoms. The van der Waals surface area contributed by atoms with Gasteiger partial charge in [-0.3, -0.25) is 9.59 Å². The number of nitrogens with zero attached hydrogens (tertiary/aromatic N) is 3. The third-order valence-corrected chi connectivity index (χ3v) is 3.96. The van der Waals surface area contributed by atoms with Crippen molar-refractivity contribution >= 4 is 28.4 Å². The molecular weight excluding hydrogens is 316 g/mol. The number of aromatic nitrogens is 2. The minimum Gasteiger partial charge on any atom is -0.347 e. The van der Waals surface area contributed by atoms with E-state index >= 15 is 0 Å². The third kappa shape index (κ3) is 3.12. The molecular formula is C19H16N4O2. The van der Waals surface area contributed by atoms with Gasteiger partial charge in [0, 0.05) is 35.4 Å². The van der Waals surface area contributed by atoms with Gasteiger partial charge < -0.3 is 9.88 Å². The van der Waals surface area contributed by atoms with Gasteiger partial charge in [-0.25, -0.2) is 4.98 Å². The topological polar surface area (TPSA) is 87.8 Å². The van der Waals surface area contributed by atoms with Crippen LogP contribution in [0.15, 0.2) is 54.9 Å². The largest absolute Gasteiger partial charge is 0.347 e. The first-order chi connectivity index (χ1) is 12.2. The van der Waals surface area contributed by atoms with Crippen LogP contribution >= 0.6 is 0 Å². The van der Waals surface area contributed by atoms with Crippen LogP contribution in [-0.4, -0.2) is 21.2 Å². The highest BCUT2D eigenvalue weighted by Crippen LogP contribution is 2.24. The normalized spacial score (nSPS) is 11.7. The summed E-state index contributed by atoms with van der Waals surface area (Å²) >= 11 is 0. The van der Waals surface area contributed by atoms with Gasteiger partial charge >= 0.3 is 0 Å². The highest BCUT2D eigenvalue weighted by atomic mass is 16.2. The lowest BCUT2D eigenvalue weighted by Gasteiger charge is -2.08. The zero-order valence-electron chi connectivity index (χ0n) is 13.6. The van der Waals surface area contributed by atoms with Crippen molar-refractivity contribution in [3.8, 4) is 6.07 Å². The van der Waals surface area contributed by atoms with Gasteiger partial charge in [-0.2, -0.15) is 5.26 Å². The Labute approximate surface area is 144 Å². The number of aryl methyl sites for hydroxylation is 1. The number of para-hydroxylation sites is 1. The maximum Gasteiger partial charge on any atom is 0.250 e. The minimum absolute atomic E-state index is 0.302. The first kappa shape index (κ1) is 16.4. The SMILES string of the molecule is CCn1cc(C(=O)[C@@H](C#N)C(=O)Nc2ccccn2)c2ccccc21. The Morgan fingerprint density at radius 2 is 2.00 bits per heavy atom. The van der Waals surface area contributed by atoms with Crippen LogP contribution in [0, 0.1) is 17.2 Å². The summed E-state index contributed by atoms with van der Waals surface area (Å²) < 4.78 is 1.92. The molecule has 1 N–H and O–H groups in total. The second-order valence-corrected chi connectivity index (χ2v) is 5.48. The van der Waals surface area contributed by atoms with Gasteiger partial charge in [0.15, 0.2) is 11.7 Å². The third-order valence-electron chi connectivity index (χ3n) is 3.96. The number of nitrogens with one attached hydrogen (secondary N) is 1. The lowest BCUT2D eigenvalue weighted by Crippen LogP contribution is -2.29. The summed E-state index contributed by atoms with van der Waals surface area (Å²) in [4.78, 5) is 29.2. The van der Waals surface area contributed by atoms with Crippen molar-refractivity contribution in [3.63, 3.8) is 0 Å². The smallest absolute Gasteiger partial charge is 0.250 e. The van der Waals surface area contributed by atoms with Crippen LogP contribution in [0.3, 0.4) is 0 Å². The van der Waals surface area contributed by atoms with Gasteiger partial charge in [-0.05, 0) is 25.1 Å². The fraction of sp³-hybridized carbons (Fsp3) is 0.158. The summed E-state index contributed by atoms with van der Waals surface area (Å²) in [6, 6.07) is 14.3. The molecule has 0 unspecified atom stereocenters. The molecule has 2 aromatic heterocycles. The standard InChI is InChI=1S/C19H16N4O2/c1-2-23-12-15(13-7-3-4-8-16(13)23)18(24)14(11-20)19(25)22-17-9-5-6-10-21-17/h3-10,12,14H,2H2,1H3,(H,21,22,25)/t14-/m1/s1. The average molecular weight is 332 g/mol. The van der Waals surface area contributed by atoms with Gasteiger partial charge in [-0.15, -0.1) is 0 Å². The van der Waals surface area contributed by atoms with Crippen molar-refractivity contribution in [3.05, 3.63) is 60.4 Å². The van der Waals surface area contributed by atoms with Crippen molar-refractivity contribution in [2.24, 2.45) is 5.92 Å². The van der Waals surface area contributed by atoms with Crippen LogP contribution in [0.1, 0.15) is 17.3 Å². The first-order valence-corrected chi connectivity index (χ1v) is 7.89. The Hall–Kier alpha value is -3.46. The molecule has 0 aliphatic carbocycles. The van der Waals surface area contributed by atoms with E-state index in [2.05, 4.69) is 10.3 Å². The monoisotopic (exact) mass is 332 g/mol. The molecule has 2 heterocycles. The number of anilines is 1. The number of carbonyl (C=O) groups excluding carboxylic acids is 2. The van der Waals surface area contributed by atoms with Crippen LogP contribution in [0.5, 0.6) is 0 Å². The molecule has 1 atom stereocenters. The molecule has 6 nitrogen and oxygen atoms in total.